The summed E-state index contributed by atoms with van der Waals surface area (Å²) in [5.41, 5.74) is 1.02. The number of thiophene rings is 1. The fourth-order valence-corrected chi connectivity index (χ4v) is 4.30. The summed E-state index contributed by atoms with van der Waals surface area (Å²) in [6.45, 7) is 0.356. The number of carboxylic acids is 1. The molecule has 1 aliphatic heterocycles. The molecule has 0 atom stereocenters. The van der Waals surface area contributed by atoms with Crippen molar-refractivity contribution in [3.8, 4) is 0 Å². The average Bonchev–Trinajstić information content (AvgIpc) is 2.88. The van der Waals surface area contributed by atoms with E-state index in [4.69, 9.17) is 17.3 Å². The molecule has 20 heavy (non-hydrogen) atoms. The van der Waals surface area contributed by atoms with Crippen molar-refractivity contribution in [1.29, 1.82) is 0 Å². The van der Waals surface area contributed by atoms with Crippen LogP contribution in [0.1, 0.15) is 18.4 Å². The van der Waals surface area contributed by atoms with Gasteiger partial charge in [-0.3, -0.25) is 14.5 Å². The second-order valence-electron chi connectivity index (χ2n) is 3.98. The minimum absolute atomic E-state index is 0.0402. The van der Waals surface area contributed by atoms with Gasteiger partial charge in [0.05, 0.1) is 7.79 Å². The number of carboxylic acid groups (broad SMARTS) is 1. The SMILES string of the molecule is O=C(O)CCCN1C(=O)C(=Cc2ccsc2I)SC1=S. The highest BCUT2D eigenvalue weighted by atomic mass is 127. The van der Waals surface area contributed by atoms with Crippen LogP contribution in [0.2, 0.25) is 0 Å². The Hall–Kier alpha value is -0.450. The largest absolute Gasteiger partial charge is 0.481 e. The maximum Gasteiger partial charge on any atom is 0.303 e. The number of nitrogens with zero attached hydrogens (tertiary/aromatic N) is 1. The minimum Gasteiger partial charge on any atom is -0.481 e. The van der Waals surface area contributed by atoms with Crippen LogP contribution in [0.4, 0.5) is 0 Å². The van der Waals surface area contributed by atoms with Crippen LogP contribution in [0.5, 0.6) is 0 Å². The molecule has 106 valence electrons. The average molecular weight is 439 g/mol. The minimum atomic E-state index is -0.862. The zero-order chi connectivity index (χ0) is 14.7. The van der Waals surface area contributed by atoms with E-state index in [0.29, 0.717) is 22.2 Å². The van der Waals surface area contributed by atoms with E-state index < -0.39 is 5.97 Å². The van der Waals surface area contributed by atoms with Gasteiger partial charge in [-0.1, -0.05) is 24.0 Å². The second-order valence-corrected chi connectivity index (χ2v) is 8.38. The molecule has 1 aromatic heterocycles. The van der Waals surface area contributed by atoms with Crippen LogP contribution >= 0.6 is 57.9 Å². The molecule has 1 fully saturated rings. The van der Waals surface area contributed by atoms with Gasteiger partial charge < -0.3 is 5.11 Å². The number of carbonyl (C=O) groups excluding carboxylic acids is 1. The van der Waals surface area contributed by atoms with Crippen LogP contribution in [0, 0.1) is 2.88 Å². The van der Waals surface area contributed by atoms with Crippen LogP contribution in [0.25, 0.3) is 6.08 Å². The van der Waals surface area contributed by atoms with Gasteiger partial charge in [-0.05, 0) is 52.1 Å². The Morgan fingerprint density at radius 3 is 2.90 bits per heavy atom. The zero-order valence-electron chi connectivity index (χ0n) is 10.2. The number of thioether (sulfide) groups is 1. The molecule has 0 spiro atoms. The van der Waals surface area contributed by atoms with Gasteiger partial charge in [0.2, 0.25) is 0 Å². The van der Waals surface area contributed by atoms with E-state index in [0.717, 1.165) is 8.45 Å². The summed E-state index contributed by atoms with van der Waals surface area (Å²) in [5.74, 6) is -0.994. The maximum atomic E-state index is 12.2. The third-order valence-electron chi connectivity index (χ3n) is 2.58. The molecule has 0 unspecified atom stereocenters. The first kappa shape index (κ1) is 15.9. The molecule has 1 aliphatic rings. The first-order valence-corrected chi connectivity index (χ1v) is 8.87. The number of halogens is 1. The lowest BCUT2D eigenvalue weighted by Gasteiger charge is -2.13. The van der Waals surface area contributed by atoms with E-state index in [-0.39, 0.29) is 12.3 Å². The Balaban J connectivity index is 2.07. The number of amides is 1. The van der Waals surface area contributed by atoms with Crippen molar-refractivity contribution < 1.29 is 14.7 Å². The Morgan fingerprint density at radius 2 is 2.30 bits per heavy atom. The fourth-order valence-electron chi connectivity index (χ4n) is 1.63. The van der Waals surface area contributed by atoms with Crippen LogP contribution < -0.4 is 0 Å². The molecule has 1 aromatic rings. The van der Waals surface area contributed by atoms with Crippen molar-refractivity contribution in [2.45, 2.75) is 12.8 Å². The Morgan fingerprint density at radius 1 is 1.55 bits per heavy atom. The maximum absolute atomic E-state index is 12.2. The summed E-state index contributed by atoms with van der Waals surface area (Å²) in [4.78, 5) is 24.8. The molecule has 0 bridgehead atoms. The molecular weight excluding hydrogens is 429 g/mol. The first-order valence-electron chi connectivity index (χ1n) is 5.69. The van der Waals surface area contributed by atoms with E-state index in [9.17, 15) is 9.59 Å². The first-order chi connectivity index (χ1) is 9.49. The Kier molecular flexibility index (Phi) is 5.58. The third kappa shape index (κ3) is 3.80. The molecular formula is C12H10INO3S3. The van der Waals surface area contributed by atoms with E-state index in [2.05, 4.69) is 22.6 Å². The Bertz CT molecular complexity index is 597. The summed E-state index contributed by atoms with van der Waals surface area (Å²) in [5, 5.41) is 10.6. The van der Waals surface area contributed by atoms with Gasteiger partial charge in [0.25, 0.3) is 5.91 Å². The van der Waals surface area contributed by atoms with Gasteiger partial charge in [0.15, 0.2) is 0 Å². The summed E-state index contributed by atoms with van der Waals surface area (Å²) >= 11 is 10.3. The summed E-state index contributed by atoms with van der Waals surface area (Å²) < 4.78 is 1.62. The van der Waals surface area contributed by atoms with Crippen LogP contribution in [0.15, 0.2) is 16.4 Å². The van der Waals surface area contributed by atoms with Crippen molar-refractivity contribution in [2.24, 2.45) is 0 Å². The molecule has 8 heteroatoms. The normalized spacial score (nSPS) is 17.2. The highest BCUT2D eigenvalue weighted by molar-refractivity contribution is 14.1. The summed E-state index contributed by atoms with van der Waals surface area (Å²) in [7, 11) is 0. The topological polar surface area (TPSA) is 57.6 Å². The molecule has 1 amide bonds. The molecule has 1 saturated heterocycles. The van der Waals surface area contributed by atoms with Gasteiger partial charge in [-0.25, -0.2) is 0 Å². The predicted octanol–water partition coefficient (Wildman–Crippen LogP) is 3.42. The number of carbonyl (C=O) groups is 2. The molecule has 0 aromatic carbocycles. The van der Waals surface area contributed by atoms with Gasteiger partial charge in [-0.2, -0.15) is 0 Å². The van der Waals surface area contributed by atoms with Crippen LogP contribution in [-0.2, 0) is 9.59 Å². The third-order valence-corrected chi connectivity index (χ3v) is 6.06. The van der Waals surface area contributed by atoms with Crippen LogP contribution in [0.3, 0.4) is 0 Å². The van der Waals surface area contributed by atoms with Crippen molar-refractivity contribution in [2.75, 3.05) is 6.54 Å². The lowest BCUT2D eigenvalue weighted by Crippen LogP contribution is -2.29. The zero-order valence-corrected chi connectivity index (χ0v) is 14.8. The highest BCUT2D eigenvalue weighted by Crippen LogP contribution is 2.34. The van der Waals surface area contributed by atoms with E-state index >= 15 is 0 Å². The van der Waals surface area contributed by atoms with E-state index in [1.807, 2.05) is 17.5 Å². The van der Waals surface area contributed by atoms with Gasteiger partial charge in [-0.15, -0.1) is 11.3 Å². The van der Waals surface area contributed by atoms with E-state index in [1.165, 1.54) is 16.7 Å². The number of aliphatic carboxylic acids is 1. The Labute approximate surface area is 143 Å². The molecule has 0 radical (unpaired) electrons. The van der Waals surface area contributed by atoms with E-state index in [1.54, 1.807) is 11.3 Å². The molecule has 2 rings (SSSR count). The quantitative estimate of drug-likeness (QED) is 0.433. The smallest absolute Gasteiger partial charge is 0.303 e. The summed E-state index contributed by atoms with van der Waals surface area (Å²) in [6.07, 6.45) is 2.29. The van der Waals surface area contributed by atoms with Gasteiger partial charge >= 0.3 is 5.97 Å². The second kappa shape index (κ2) is 7.01. The van der Waals surface area contributed by atoms with Gasteiger partial charge in [0, 0.05) is 13.0 Å². The lowest BCUT2D eigenvalue weighted by molar-refractivity contribution is -0.137. The fraction of sp³-hybridized carbons (Fsp3) is 0.250. The monoisotopic (exact) mass is 439 g/mol. The van der Waals surface area contributed by atoms with Gasteiger partial charge in [0.1, 0.15) is 4.32 Å². The predicted molar refractivity (Wildman–Crippen MR) is 93.8 cm³/mol. The number of hydrogen-bond acceptors (Lipinski definition) is 5. The standard InChI is InChI=1S/C12H10INO3S3/c13-10-7(3-5-19-10)6-8-11(17)14(12(18)20-8)4-1-2-9(15)16/h3,5-6H,1-2,4H2,(H,15,16). The number of rotatable bonds is 5. The lowest BCUT2D eigenvalue weighted by atomic mass is 10.2. The molecule has 0 saturated carbocycles. The molecule has 2 heterocycles. The number of hydrogen-bond donors (Lipinski definition) is 1. The molecule has 4 nitrogen and oxygen atoms in total. The van der Waals surface area contributed by atoms with Crippen molar-refractivity contribution >= 4 is 80.2 Å². The van der Waals surface area contributed by atoms with Crippen molar-refractivity contribution in [1.82, 2.24) is 4.90 Å². The van der Waals surface area contributed by atoms with Crippen molar-refractivity contribution in [3.05, 3.63) is 24.8 Å². The molecule has 1 N–H and O–H groups in total. The van der Waals surface area contributed by atoms with Crippen LogP contribution in [-0.4, -0.2) is 32.7 Å². The summed E-state index contributed by atoms with van der Waals surface area (Å²) in [6, 6.07) is 1.96. The van der Waals surface area contributed by atoms with Crippen molar-refractivity contribution in [3.63, 3.8) is 0 Å². The highest BCUT2D eigenvalue weighted by Gasteiger charge is 2.31. The number of thiocarbonyl (C=S) groups is 1. The molecule has 0 aliphatic carbocycles.